The van der Waals surface area contributed by atoms with E-state index in [0.29, 0.717) is 0 Å². The van der Waals surface area contributed by atoms with Crippen LogP contribution in [-0.2, 0) is 5.41 Å². The fraction of sp³-hybridized carbons (Fsp3) is 0.0667. The Bertz CT molecular complexity index is 2520. The van der Waals surface area contributed by atoms with Crippen molar-refractivity contribution in [2.75, 3.05) is 0 Å². The number of fused-ring (bicyclic) bond motifs is 7. The van der Waals surface area contributed by atoms with E-state index in [4.69, 9.17) is 0 Å². The first-order valence-electron chi connectivity index (χ1n) is 16.1. The lowest BCUT2D eigenvalue weighted by atomic mass is 9.81. The van der Waals surface area contributed by atoms with Crippen LogP contribution in [0.4, 0.5) is 0 Å². The van der Waals surface area contributed by atoms with Gasteiger partial charge >= 0.3 is 0 Å². The molecule has 0 atom stereocenters. The van der Waals surface area contributed by atoms with Gasteiger partial charge in [0.15, 0.2) is 0 Å². The molecule has 0 bridgehead atoms. The molecule has 10 rings (SSSR count). The smallest absolute Gasteiger partial charge is 0.0207 e. The average molecular weight is 603 g/mol. The summed E-state index contributed by atoms with van der Waals surface area (Å²) in [4.78, 5) is 2.66. The number of rotatable bonds is 2. The first kappa shape index (κ1) is 26.1. The van der Waals surface area contributed by atoms with E-state index in [1.54, 1.807) is 0 Å². The Morgan fingerprint density at radius 2 is 0.978 bits per heavy atom. The molecule has 2 aliphatic rings. The minimum absolute atomic E-state index is 0.00501. The molecule has 8 aromatic carbocycles. The number of hydrogen-bond acceptors (Lipinski definition) is 1. The highest BCUT2D eigenvalue weighted by Gasteiger charge is 2.35. The van der Waals surface area contributed by atoms with E-state index in [1.807, 2.05) is 11.8 Å². The van der Waals surface area contributed by atoms with Crippen molar-refractivity contribution < 1.29 is 0 Å². The summed E-state index contributed by atoms with van der Waals surface area (Å²) in [5, 5.41) is 7.85. The maximum absolute atomic E-state index is 2.45. The van der Waals surface area contributed by atoms with Gasteiger partial charge < -0.3 is 0 Å². The maximum atomic E-state index is 2.45. The van der Waals surface area contributed by atoms with Crippen molar-refractivity contribution in [3.05, 3.63) is 157 Å². The highest BCUT2D eigenvalue weighted by Crippen LogP contribution is 2.53. The van der Waals surface area contributed by atoms with Crippen LogP contribution in [0.5, 0.6) is 0 Å². The Kier molecular flexibility index (Phi) is 5.37. The van der Waals surface area contributed by atoms with Crippen molar-refractivity contribution in [3.8, 4) is 44.5 Å². The summed E-state index contributed by atoms with van der Waals surface area (Å²) in [6.45, 7) is 4.71. The normalized spacial score (nSPS) is 14.0. The second kappa shape index (κ2) is 9.45. The molecule has 46 heavy (non-hydrogen) atoms. The van der Waals surface area contributed by atoms with Crippen LogP contribution >= 0.6 is 11.8 Å². The first-order chi connectivity index (χ1) is 22.6. The molecule has 1 aliphatic carbocycles. The Labute approximate surface area is 273 Å². The predicted molar refractivity (Wildman–Crippen MR) is 197 cm³/mol. The zero-order chi connectivity index (χ0) is 30.6. The lowest BCUT2D eigenvalue weighted by Crippen LogP contribution is -2.14. The molecule has 1 heterocycles. The van der Waals surface area contributed by atoms with E-state index in [0.717, 1.165) is 0 Å². The van der Waals surface area contributed by atoms with Crippen molar-refractivity contribution >= 4 is 44.1 Å². The van der Waals surface area contributed by atoms with E-state index in [9.17, 15) is 0 Å². The van der Waals surface area contributed by atoms with Crippen LogP contribution in [-0.4, -0.2) is 0 Å². The van der Waals surface area contributed by atoms with E-state index >= 15 is 0 Å². The molecule has 0 amide bonds. The molecule has 1 heteroatoms. The first-order valence-corrected chi connectivity index (χ1v) is 16.9. The summed E-state index contributed by atoms with van der Waals surface area (Å²) >= 11 is 1.90. The zero-order valence-corrected chi connectivity index (χ0v) is 26.6. The van der Waals surface area contributed by atoms with Crippen LogP contribution in [0.2, 0.25) is 0 Å². The quantitative estimate of drug-likeness (QED) is 0.177. The van der Waals surface area contributed by atoms with E-state index in [1.165, 1.54) is 97.7 Å². The second-order valence-corrected chi connectivity index (χ2v) is 14.3. The molecule has 0 radical (unpaired) electrons. The molecule has 8 aromatic rings. The van der Waals surface area contributed by atoms with Gasteiger partial charge in [-0.05, 0) is 101 Å². The van der Waals surface area contributed by atoms with Gasteiger partial charge in [-0.15, -0.1) is 0 Å². The zero-order valence-electron chi connectivity index (χ0n) is 25.8. The number of hydrogen-bond donors (Lipinski definition) is 0. The molecule has 0 fully saturated rings. The summed E-state index contributed by atoms with van der Waals surface area (Å²) in [6, 6.07) is 54.6. The molecule has 1 aliphatic heterocycles. The van der Waals surface area contributed by atoms with Gasteiger partial charge in [0, 0.05) is 20.6 Å². The van der Waals surface area contributed by atoms with Crippen LogP contribution in [0, 0.1) is 0 Å². The SMILES string of the molecule is CC1(C)c2ccccc2-c2cc(-c3c4ccccc4c(-c4ccc5c(c4)Sc4cccc6cccc-5c46)c4ccccc34)ccc21. The second-order valence-electron chi connectivity index (χ2n) is 13.2. The van der Waals surface area contributed by atoms with Gasteiger partial charge in [-0.2, -0.15) is 0 Å². The van der Waals surface area contributed by atoms with E-state index in [-0.39, 0.29) is 5.41 Å². The van der Waals surface area contributed by atoms with Gasteiger partial charge in [0.2, 0.25) is 0 Å². The van der Waals surface area contributed by atoms with Gasteiger partial charge in [0.1, 0.15) is 0 Å². The van der Waals surface area contributed by atoms with Gasteiger partial charge in [0.05, 0.1) is 0 Å². The Balaban J connectivity index is 1.22. The molecule has 216 valence electrons. The van der Waals surface area contributed by atoms with Crippen molar-refractivity contribution in [1.82, 2.24) is 0 Å². The van der Waals surface area contributed by atoms with Crippen LogP contribution in [0.1, 0.15) is 25.0 Å². The maximum Gasteiger partial charge on any atom is 0.0207 e. The van der Waals surface area contributed by atoms with E-state index < -0.39 is 0 Å². The molecule has 0 nitrogen and oxygen atoms in total. The monoisotopic (exact) mass is 602 g/mol. The van der Waals surface area contributed by atoms with Crippen molar-refractivity contribution in [1.29, 1.82) is 0 Å². The Morgan fingerprint density at radius 3 is 1.70 bits per heavy atom. The number of benzene rings is 8. The van der Waals surface area contributed by atoms with Gasteiger partial charge in [0.25, 0.3) is 0 Å². The standard InChI is InChI=1S/C45H30S/c1-45(2)38-19-8-7-13-30(38)37-25-28(22-24-39(37)45)42-33-14-3-5-16-35(33)43(36-17-6-4-15-34(36)42)29-21-23-31-32-18-9-11-27-12-10-20-40(44(27)32)46-41(31)26-29/h3-26H,1-2H3. The fourth-order valence-electron chi connectivity index (χ4n) is 8.35. The minimum atomic E-state index is -0.00501. The third-order valence-electron chi connectivity index (χ3n) is 10.5. The summed E-state index contributed by atoms with van der Waals surface area (Å²) in [6.07, 6.45) is 0. The highest BCUT2D eigenvalue weighted by molar-refractivity contribution is 7.99. The lowest BCUT2D eigenvalue weighted by Gasteiger charge is -2.23. The lowest BCUT2D eigenvalue weighted by molar-refractivity contribution is 0.660. The van der Waals surface area contributed by atoms with Crippen molar-refractivity contribution in [3.63, 3.8) is 0 Å². The highest BCUT2D eigenvalue weighted by atomic mass is 32.2. The Hall–Kier alpha value is -5.11. The van der Waals surface area contributed by atoms with Crippen LogP contribution in [0.25, 0.3) is 76.8 Å². The summed E-state index contributed by atoms with van der Waals surface area (Å²) in [5.41, 5.74) is 13.4. The predicted octanol–water partition coefficient (Wildman–Crippen LogP) is 12.9. The third kappa shape index (κ3) is 3.52. The molecule has 0 saturated carbocycles. The summed E-state index contributed by atoms with van der Waals surface area (Å²) in [7, 11) is 0. The van der Waals surface area contributed by atoms with Crippen molar-refractivity contribution in [2.24, 2.45) is 0 Å². The molecule has 0 spiro atoms. The van der Waals surface area contributed by atoms with Gasteiger partial charge in [-0.25, -0.2) is 0 Å². The van der Waals surface area contributed by atoms with Gasteiger partial charge in [-0.3, -0.25) is 0 Å². The molecular weight excluding hydrogens is 573 g/mol. The molecule has 0 aromatic heterocycles. The van der Waals surface area contributed by atoms with E-state index in [2.05, 4.69) is 159 Å². The van der Waals surface area contributed by atoms with Crippen LogP contribution < -0.4 is 0 Å². The van der Waals surface area contributed by atoms with Crippen LogP contribution in [0.15, 0.2) is 155 Å². The third-order valence-corrected chi connectivity index (χ3v) is 11.6. The Morgan fingerprint density at radius 1 is 0.413 bits per heavy atom. The molecule has 0 unspecified atom stereocenters. The summed E-state index contributed by atoms with van der Waals surface area (Å²) in [5.74, 6) is 0. The minimum Gasteiger partial charge on any atom is -0.0888 e. The molecular formula is C45H30S. The fourth-order valence-corrected chi connectivity index (χ4v) is 9.53. The largest absolute Gasteiger partial charge is 0.0888 e. The molecule has 0 saturated heterocycles. The molecule has 0 N–H and O–H groups in total. The van der Waals surface area contributed by atoms with Gasteiger partial charge in [-0.1, -0.05) is 153 Å². The van der Waals surface area contributed by atoms with Crippen molar-refractivity contribution in [2.45, 2.75) is 29.1 Å². The summed E-state index contributed by atoms with van der Waals surface area (Å²) < 4.78 is 0. The topological polar surface area (TPSA) is 0 Å². The van der Waals surface area contributed by atoms with Crippen LogP contribution in [0.3, 0.4) is 0 Å². The average Bonchev–Trinajstić information content (AvgIpc) is 3.32.